The average molecular weight is 569 g/mol. The highest BCUT2D eigenvalue weighted by atomic mass is 32.1. The van der Waals surface area contributed by atoms with Crippen molar-refractivity contribution in [3.05, 3.63) is 93.0 Å². The van der Waals surface area contributed by atoms with Gasteiger partial charge in [-0.15, -0.1) is 20.4 Å². The van der Waals surface area contributed by atoms with Crippen LogP contribution in [0.3, 0.4) is 0 Å². The molecule has 0 bridgehead atoms. The van der Waals surface area contributed by atoms with Crippen LogP contribution in [0, 0.1) is 20.2 Å². The summed E-state index contributed by atoms with van der Waals surface area (Å²) in [5.74, 6) is 1.10. The number of hydrogen-bond donors (Lipinski definition) is 0. The van der Waals surface area contributed by atoms with Gasteiger partial charge < -0.3 is 0 Å². The molecule has 4 aromatic heterocycles. The summed E-state index contributed by atoms with van der Waals surface area (Å²) < 4.78 is 3.28. The van der Waals surface area contributed by atoms with E-state index in [1.807, 2.05) is 24.3 Å². The number of rotatable bonds is 6. The third-order valence-electron chi connectivity index (χ3n) is 6.03. The number of nitro benzene ring substituents is 2. The Bertz CT molecular complexity index is 1910. The molecule has 194 valence electrons. The largest absolute Gasteiger partial charge is 0.269 e. The van der Waals surface area contributed by atoms with Crippen molar-refractivity contribution in [2.45, 2.75) is 0 Å². The highest BCUT2D eigenvalue weighted by Gasteiger charge is 2.18. The van der Waals surface area contributed by atoms with E-state index in [1.54, 1.807) is 33.3 Å². The van der Waals surface area contributed by atoms with E-state index >= 15 is 0 Å². The van der Waals surface area contributed by atoms with E-state index in [0.717, 1.165) is 22.3 Å². The van der Waals surface area contributed by atoms with Gasteiger partial charge in [-0.05, 0) is 24.3 Å². The fraction of sp³-hybridized carbons (Fsp3) is 0. The van der Waals surface area contributed by atoms with Gasteiger partial charge in [0.15, 0.2) is 11.6 Å². The van der Waals surface area contributed by atoms with Crippen LogP contribution in [0.2, 0.25) is 0 Å². The first-order valence-electron chi connectivity index (χ1n) is 11.5. The molecule has 0 fully saturated rings. The Kier molecular flexibility index (Phi) is 5.36. The molecule has 0 saturated heterocycles. The smallest absolute Gasteiger partial charge is 0.258 e. The molecule has 0 aliphatic rings. The topological polar surface area (TPSA) is 172 Å². The SMILES string of the molecule is O=[N+]([O-])c1ccc(-c2nn3c(-c4ccc(-c5nnc6sc(-c7ccc([N+](=O)[O-])cc7)nn56)cc4)nnc3s2)cc1. The molecule has 0 radical (unpaired) electrons. The zero-order chi connectivity index (χ0) is 27.4. The number of fused-ring (bicyclic) bond motifs is 2. The minimum atomic E-state index is -0.443. The van der Waals surface area contributed by atoms with E-state index < -0.39 is 9.85 Å². The van der Waals surface area contributed by atoms with Crippen LogP contribution in [0.15, 0.2) is 72.8 Å². The molecule has 16 heteroatoms. The minimum Gasteiger partial charge on any atom is -0.258 e. The Morgan fingerprint density at radius 2 is 0.875 bits per heavy atom. The molecule has 0 spiro atoms. The molecule has 0 saturated carbocycles. The van der Waals surface area contributed by atoms with Crippen LogP contribution < -0.4 is 0 Å². The normalized spacial score (nSPS) is 11.4. The summed E-state index contributed by atoms with van der Waals surface area (Å²) in [6, 6.07) is 19.9. The van der Waals surface area contributed by atoms with Gasteiger partial charge in [0.1, 0.15) is 10.0 Å². The van der Waals surface area contributed by atoms with E-state index in [0.29, 0.717) is 31.6 Å². The predicted octanol–water partition coefficient (Wildman–Crippen LogP) is 5.17. The molecular formula is C24H12N10O4S2. The molecule has 0 atom stereocenters. The summed E-state index contributed by atoms with van der Waals surface area (Å²) in [6.07, 6.45) is 0. The van der Waals surface area contributed by atoms with Crippen molar-refractivity contribution in [2.24, 2.45) is 0 Å². The lowest BCUT2D eigenvalue weighted by molar-refractivity contribution is -0.385. The van der Waals surface area contributed by atoms with Crippen LogP contribution in [0.4, 0.5) is 11.4 Å². The molecule has 7 rings (SSSR count). The Balaban J connectivity index is 1.18. The number of nitrogens with zero attached hydrogens (tertiary/aromatic N) is 10. The standard InChI is InChI=1S/C24H12N10O4S2/c35-33(36)17-9-5-15(6-10-17)21-29-31-19(25-27-23(31)39-21)13-1-2-14(4-3-13)20-26-28-24-32(20)30-22(40-24)16-7-11-18(12-8-16)34(37)38/h1-12H. The van der Waals surface area contributed by atoms with Crippen molar-refractivity contribution < 1.29 is 9.85 Å². The fourth-order valence-electron chi connectivity index (χ4n) is 4.05. The lowest BCUT2D eigenvalue weighted by atomic mass is 10.1. The summed E-state index contributed by atoms with van der Waals surface area (Å²) in [5.41, 5.74) is 3.07. The van der Waals surface area contributed by atoms with Gasteiger partial charge in [-0.25, -0.2) is 0 Å². The Morgan fingerprint density at radius 3 is 1.23 bits per heavy atom. The van der Waals surface area contributed by atoms with Crippen molar-refractivity contribution in [1.29, 1.82) is 0 Å². The molecule has 3 aromatic carbocycles. The highest BCUT2D eigenvalue weighted by molar-refractivity contribution is 7.20. The maximum Gasteiger partial charge on any atom is 0.269 e. The van der Waals surface area contributed by atoms with E-state index in [2.05, 4.69) is 30.6 Å². The average Bonchev–Trinajstić information content (AvgIpc) is 3.74. The van der Waals surface area contributed by atoms with E-state index in [1.165, 1.54) is 46.9 Å². The number of non-ortho nitro benzene ring substituents is 2. The molecule has 0 amide bonds. The summed E-state index contributed by atoms with van der Waals surface area (Å²) in [6.45, 7) is 0. The van der Waals surface area contributed by atoms with Gasteiger partial charge in [0.05, 0.1) is 9.85 Å². The van der Waals surface area contributed by atoms with Crippen molar-refractivity contribution >= 4 is 44.0 Å². The highest BCUT2D eigenvalue weighted by Crippen LogP contribution is 2.32. The molecular weight excluding hydrogens is 556 g/mol. The third-order valence-corrected chi connectivity index (χ3v) is 7.93. The van der Waals surface area contributed by atoms with Crippen LogP contribution >= 0.6 is 22.7 Å². The molecule has 0 aliphatic heterocycles. The zero-order valence-electron chi connectivity index (χ0n) is 19.8. The van der Waals surface area contributed by atoms with Crippen molar-refractivity contribution in [1.82, 2.24) is 39.6 Å². The quantitative estimate of drug-likeness (QED) is 0.192. The van der Waals surface area contributed by atoms with Gasteiger partial charge in [0.25, 0.3) is 11.4 Å². The van der Waals surface area contributed by atoms with Crippen LogP contribution in [-0.2, 0) is 0 Å². The van der Waals surface area contributed by atoms with Gasteiger partial charge in [0.2, 0.25) is 9.92 Å². The first-order valence-corrected chi connectivity index (χ1v) is 13.1. The van der Waals surface area contributed by atoms with Crippen LogP contribution in [-0.4, -0.2) is 49.5 Å². The maximum absolute atomic E-state index is 10.9. The second kappa shape index (κ2) is 9.07. The Morgan fingerprint density at radius 1 is 0.525 bits per heavy atom. The minimum absolute atomic E-state index is 0.0118. The molecule has 0 aliphatic carbocycles. The summed E-state index contributed by atoms with van der Waals surface area (Å²) in [5, 5.41) is 49.5. The molecule has 4 heterocycles. The summed E-state index contributed by atoms with van der Waals surface area (Å²) >= 11 is 2.66. The number of hydrogen-bond acceptors (Lipinski definition) is 12. The van der Waals surface area contributed by atoms with Gasteiger partial charge in [0, 0.05) is 46.5 Å². The van der Waals surface area contributed by atoms with E-state index in [4.69, 9.17) is 0 Å². The molecule has 40 heavy (non-hydrogen) atoms. The Labute approximate surface area is 230 Å². The van der Waals surface area contributed by atoms with Crippen LogP contribution in [0.1, 0.15) is 0 Å². The van der Waals surface area contributed by atoms with Gasteiger partial charge in [-0.3, -0.25) is 20.2 Å². The monoisotopic (exact) mass is 568 g/mol. The van der Waals surface area contributed by atoms with E-state index in [-0.39, 0.29) is 11.4 Å². The van der Waals surface area contributed by atoms with Crippen LogP contribution in [0.25, 0.3) is 53.8 Å². The number of benzene rings is 3. The maximum atomic E-state index is 10.9. The van der Waals surface area contributed by atoms with Crippen molar-refractivity contribution in [3.8, 4) is 43.9 Å². The number of aromatic nitrogens is 8. The second-order valence-electron chi connectivity index (χ2n) is 8.44. The molecule has 0 N–H and O–H groups in total. The third kappa shape index (κ3) is 3.94. The van der Waals surface area contributed by atoms with Gasteiger partial charge >= 0.3 is 0 Å². The van der Waals surface area contributed by atoms with Crippen LogP contribution in [0.5, 0.6) is 0 Å². The van der Waals surface area contributed by atoms with E-state index in [9.17, 15) is 20.2 Å². The first-order chi connectivity index (χ1) is 19.4. The molecule has 0 unspecified atom stereocenters. The molecule has 14 nitrogen and oxygen atoms in total. The lowest BCUT2D eigenvalue weighted by Crippen LogP contribution is -1.93. The summed E-state index contributed by atoms with van der Waals surface area (Å²) in [4.78, 5) is 22.2. The Hall–Kier alpha value is -5.48. The number of nitro groups is 2. The molecule has 7 aromatic rings. The van der Waals surface area contributed by atoms with Crippen molar-refractivity contribution in [2.75, 3.05) is 0 Å². The first kappa shape index (κ1) is 23.6. The summed E-state index contributed by atoms with van der Waals surface area (Å²) in [7, 11) is 0. The van der Waals surface area contributed by atoms with Gasteiger partial charge in [-0.1, -0.05) is 46.9 Å². The van der Waals surface area contributed by atoms with Gasteiger partial charge in [-0.2, -0.15) is 19.2 Å². The lowest BCUT2D eigenvalue weighted by Gasteiger charge is -2.01. The fourth-order valence-corrected chi connectivity index (χ4v) is 5.74. The second-order valence-corrected chi connectivity index (χ2v) is 10.3. The van der Waals surface area contributed by atoms with Crippen molar-refractivity contribution in [3.63, 3.8) is 0 Å². The predicted molar refractivity (Wildman–Crippen MR) is 146 cm³/mol. The zero-order valence-corrected chi connectivity index (χ0v) is 21.5.